The zero-order valence-electron chi connectivity index (χ0n) is 15.3. The third-order valence-corrected chi connectivity index (χ3v) is 7.08. The second-order valence-corrected chi connectivity index (χ2v) is 9.70. The van der Waals surface area contributed by atoms with Crippen molar-refractivity contribution in [1.29, 1.82) is 0 Å². The van der Waals surface area contributed by atoms with Crippen molar-refractivity contribution in [3.05, 3.63) is 70.2 Å². The van der Waals surface area contributed by atoms with E-state index in [1.165, 1.54) is 0 Å². The van der Waals surface area contributed by atoms with E-state index in [0.717, 1.165) is 11.1 Å². The topological polar surface area (TPSA) is 46.6 Å². The van der Waals surface area contributed by atoms with Crippen molar-refractivity contribution in [3.8, 4) is 0 Å². The Bertz CT molecular complexity index is 878. The van der Waals surface area contributed by atoms with Gasteiger partial charge in [0.25, 0.3) is 0 Å². The normalized spacial score (nSPS) is 20.8. The third-order valence-electron chi connectivity index (χ3n) is 4.73. The first-order chi connectivity index (χ1) is 12.2. The largest absolute Gasteiger partial charge is 0.370 e. The van der Waals surface area contributed by atoms with Gasteiger partial charge < -0.3 is 4.74 Å². The molecule has 0 bridgehead atoms. The van der Waals surface area contributed by atoms with E-state index < -0.39 is 15.6 Å². The molecule has 26 heavy (non-hydrogen) atoms. The Kier molecular flexibility index (Phi) is 5.45. The molecule has 0 spiro atoms. The molecule has 0 N–H and O–H groups in total. The Balaban J connectivity index is 1.87. The van der Waals surface area contributed by atoms with Crippen molar-refractivity contribution < 1.29 is 13.2 Å². The van der Waals surface area contributed by atoms with Crippen molar-refractivity contribution in [2.24, 2.45) is 0 Å². The average Bonchev–Trinajstić information content (AvgIpc) is 2.57. The molecule has 1 unspecified atom stereocenters. The molecule has 1 atom stereocenters. The van der Waals surface area contributed by atoms with Gasteiger partial charge in [0, 0.05) is 11.6 Å². The molecular formula is C20H24ClNO3S. The summed E-state index contributed by atoms with van der Waals surface area (Å²) in [7, 11) is -3.55. The smallest absolute Gasteiger partial charge is 0.219 e. The van der Waals surface area contributed by atoms with Gasteiger partial charge in [-0.25, -0.2) is 8.42 Å². The Hall–Kier alpha value is -1.40. The SMILES string of the molecule is Cc1ccc(C2CN(S(=O)(=O)Cc3ccccc3Cl)C(C)(C)CO2)cc1. The van der Waals surface area contributed by atoms with Gasteiger partial charge in [-0.2, -0.15) is 4.31 Å². The number of morpholine rings is 1. The molecule has 6 heteroatoms. The summed E-state index contributed by atoms with van der Waals surface area (Å²) in [6, 6.07) is 15.1. The van der Waals surface area contributed by atoms with Gasteiger partial charge in [-0.05, 0) is 38.0 Å². The van der Waals surface area contributed by atoms with Crippen LogP contribution in [0.4, 0.5) is 0 Å². The predicted molar refractivity (Wildman–Crippen MR) is 105 cm³/mol. The van der Waals surface area contributed by atoms with Gasteiger partial charge in [0.1, 0.15) is 0 Å². The van der Waals surface area contributed by atoms with Crippen LogP contribution in [0.25, 0.3) is 0 Å². The summed E-state index contributed by atoms with van der Waals surface area (Å²) < 4.78 is 33.9. The molecule has 0 aromatic heterocycles. The lowest BCUT2D eigenvalue weighted by Gasteiger charge is -2.44. The first kappa shape index (κ1) is 19.4. The van der Waals surface area contributed by atoms with E-state index in [1.54, 1.807) is 28.6 Å². The van der Waals surface area contributed by atoms with E-state index in [-0.39, 0.29) is 11.9 Å². The maximum absolute atomic E-state index is 13.2. The fraction of sp³-hybridized carbons (Fsp3) is 0.400. The minimum absolute atomic E-state index is 0.114. The van der Waals surface area contributed by atoms with Crippen LogP contribution in [-0.4, -0.2) is 31.4 Å². The molecule has 1 saturated heterocycles. The molecule has 1 heterocycles. The van der Waals surface area contributed by atoms with Gasteiger partial charge in [-0.15, -0.1) is 0 Å². The fourth-order valence-corrected chi connectivity index (χ4v) is 5.44. The van der Waals surface area contributed by atoms with Crippen LogP contribution in [-0.2, 0) is 20.5 Å². The van der Waals surface area contributed by atoms with Crippen LogP contribution in [0.15, 0.2) is 48.5 Å². The highest BCUT2D eigenvalue weighted by Gasteiger charge is 2.42. The summed E-state index contributed by atoms with van der Waals surface area (Å²) in [5.41, 5.74) is 2.15. The lowest BCUT2D eigenvalue weighted by molar-refractivity contribution is -0.0655. The molecule has 0 amide bonds. The van der Waals surface area contributed by atoms with E-state index >= 15 is 0 Å². The Morgan fingerprint density at radius 3 is 2.46 bits per heavy atom. The summed E-state index contributed by atoms with van der Waals surface area (Å²) in [5, 5.41) is 0.470. The zero-order chi connectivity index (χ0) is 18.9. The number of halogens is 1. The average molecular weight is 394 g/mol. The minimum atomic E-state index is -3.55. The maximum atomic E-state index is 13.2. The summed E-state index contributed by atoms with van der Waals surface area (Å²) in [4.78, 5) is 0. The molecule has 2 aromatic rings. The van der Waals surface area contributed by atoms with Crippen LogP contribution in [0.2, 0.25) is 5.02 Å². The van der Waals surface area contributed by atoms with Crippen molar-refractivity contribution in [2.45, 2.75) is 38.2 Å². The van der Waals surface area contributed by atoms with E-state index in [9.17, 15) is 8.42 Å². The lowest BCUT2D eigenvalue weighted by Crippen LogP contribution is -2.56. The highest BCUT2D eigenvalue weighted by Crippen LogP contribution is 2.34. The maximum Gasteiger partial charge on any atom is 0.219 e. The molecule has 1 aliphatic rings. The molecule has 4 nitrogen and oxygen atoms in total. The fourth-order valence-electron chi connectivity index (χ4n) is 3.19. The summed E-state index contributed by atoms with van der Waals surface area (Å²) in [5.74, 6) is -0.114. The highest BCUT2D eigenvalue weighted by molar-refractivity contribution is 7.88. The van der Waals surface area contributed by atoms with E-state index in [1.807, 2.05) is 45.0 Å². The third kappa shape index (κ3) is 4.12. The van der Waals surface area contributed by atoms with Crippen LogP contribution >= 0.6 is 11.6 Å². The first-order valence-electron chi connectivity index (χ1n) is 8.61. The molecule has 3 rings (SSSR count). The van der Waals surface area contributed by atoms with Crippen LogP contribution in [0.3, 0.4) is 0 Å². The summed E-state index contributed by atoms with van der Waals surface area (Å²) in [6.07, 6.45) is -0.273. The number of hydrogen-bond donors (Lipinski definition) is 0. The highest BCUT2D eigenvalue weighted by atomic mass is 35.5. The van der Waals surface area contributed by atoms with Gasteiger partial charge in [-0.1, -0.05) is 59.6 Å². The molecule has 140 valence electrons. The number of aryl methyl sites for hydroxylation is 1. The molecule has 1 fully saturated rings. The van der Waals surface area contributed by atoms with Gasteiger partial charge in [0.15, 0.2) is 0 Å². The number of benzene rings is 2. The molecule has 1 aliphatic heterocycles. The van der Waals surface area contributed by atoms with Crippen LogP contribution in [0.1, 0.15) is 36.6 Å². The zero-order valence-corrected chi connectivity index (χ0v) is 16.8. The van der Waals surface area contributed by atoms with Crippen molar-refractivity contribution >= 4 is 21.6 Å². The Labute approximate surface area is 160 Å². The lowest BCUT2D eigenvalue weighted by atomic mass is 10.0. The monoisotopic (exact) mass is 393 g/mol. The Morgan fingerprint density at radius 2 is 1.81 bits per heavy atom. The Morgan fingerprint density at radius 1 is 1.15 bits per heavy atom. The number of ether oxygens (including phenoxy) is 1. The quantitative estimate of drug-likeness (QED) is 0.776. The van der Waals surface area contributed by atoms with E-state index in [4.69, 9.17) is 16.3 Å². The summed E-state index contributed by atoms with van der Waals surface area (Å²) >= 11 is 6.17. The van der Waals surface area contributed by atoms with Crippen LogP contribution in [0.5, 0.6) is 0 Å². The molecule has 2 aromatic carbocycles. The molecule has 0 radical (unpaired) electrons. The summed E-state index contributed by atoms with van der Waals surface area (Å²) in [6.45, 7) is 6.44. The number of rotatable bonds is 4. The minimum Gasteiger partial charge on any atom is -0.370 e. The van der Waals surface area contributed by atoms with Gasteiger partial charge in [0.05, 0.1) is 24.0 Å². The molecular weight excluding hydrogens is 370 g/mol. The standard InChI is InChI=1S/C20H24ClNO3S/c1-15-8-10-16(11-9-15)19-12-22(20(2,3)14-25-19)26(23,24)13-17-6-4-5-7-18(17)21/h4-11,19H,12-14H2,1-3H3. The van der Waals surface area contributed by atoms with Crippen LogP contribution in [0, 0.1) is 6.92 Å². The van der Waals surface area contributed by atoms with E-state index in [0.29, 0.717) is 23.7 Å². The van der Waals surface area contributed by atoms with Gasteiger partial charge >= 0.3 is 0 Å². The second-order valence-electron chi connectivity index (χ2n) is 7.40. The van der Waals surface area contributed by atoms with Crippen LogP contribution < -0.4 is 0 Å². The molecule has 0 saturated carbocycles. The van der Waals surface area contributed by atoms with Crippen molar-refractivity contribution in [1.82, 2.24) is 4.31 Å². The van der Waals surface area contributed by atoms with Crippen molar-refractivity contribution in [3.63, 3.8) is 0 Å². The first-order valence-corrected chi connectivity index (χ1v) is 10.6. The van der Waals surface area contributed by atoms with Gasteiger partial charge in [-0.3, -0.25) is 0 Å². The predicted octanol–water partition coefficient (Wildman–Crippen LogP) is 4.33. The van der Waals surface area contributed by atoms with Crippen molar-refractivity contribution in [2.75, 3.05) is 13.2 Å². The number of hydrogen-bond acceptors (Lipinski definition) is 3. The second kappa shape index (κ2) is 7.31. The van der Waals surface area contributed by atoms with Gasteiger partial charge in [0.2, 0.25) is 10.0 Å². The molecule has 0 aliphatic carbocycles. The number of nitrogens with zero attached hydrogens (tertiary/aromatic N) is 1. The number of sulfonamides is 1. The van der Waals surface area contributed by atoms with E-state index in [2.05, 4.69) is 0 Å².